The van der Waals surface area contributed by atoms with Gasteiger partial charge >= 0.3 is 0 Å². The van der Waals surface area contributed by atoms with Crippen LogP contribution in [-0.2, 0) is 0 Å². The van der Waals surface area contributed by atoms with Crippen LogP contribution in [0.5, 0.6) is 0 Å². The molecule has 0 bridgehead atoms. The second-order valence-corrected chi connectivity index (χ2v) is 7.83. The number of halogens is 1. The van der Waals surface area contributed by atoms with Crippen molar-refractivity contribution < 1.29 is 0 Å². The van der Waals surface area contributed by atoms with Crippen molar-refractivity contribution >= 4 is 22.9 Å². The summed E-state index contributed by atoms with van der Waals surface area (Å²) in [4.78, 5) is 2.74. The van der Waals surface area contributed by atoms with E-state index in [4.69, 9.17) is 11.6 Å². The molecule has 0 aliphatic rings. The molecule has 0 spiro atoms. The average molecular weight is 259 g/mol. The molecular formula is C14H23ClS. The number of aryl methyl sites for hydroxylation is 2. The lowest BCUT2D eigenvalue weighted by molar-refractivity contribution is 0.245. The Balaban J connectivity index is 2.73. The van der Waals surface area contributed by atoms with Gasteiger partial charge in [-0.15, -0.1) is 22.9 Å². The molecule has 1 aromatic heterocycles. The normalized spacial score (nSPS) is 16.2. The number of alkyl halides is 1. The average Bonchev–Trinajstić information content (AvgIpc) is 2.43. The first kappa shape index (κ1) is 14.1. The van der Waals surface area contributed by atoms with Gasteiger partial charge in [0, 0.05) is 9.75 Å². The topological polar surface area (TPSA) is 0 Å². The lowest BCUT2D eigenvalue weighted by atomic mass is 9.79. The van der Waals surface area contributed by atoms with Gasteiger partial charge in [-0.05, 0) is 43.2 Å². The zero-order chi connectivity index (χ0) is 12.5. The van der Waals surface area contributed by atoms with Crippen molar-refractivity contribution in [2.75, 3.05) is 0 Å². The van der Waals surface area contributed by atoms with Gasteiger partial charge in [0.05, 0.1) is 5.38 Å². The van der Waals surface area contributed by atoms with E-state index in [1.807, 2.05) is 11.3 Å². The van der Waals surface area contributed by atoms with Crippen LogP contribution in [0.2, 0.25) is 0 Å². The molecule has 2 atom stereocenters. The second-order valence-electron chi connectivity index (χ2n) is 5.84. The largest absolute Gasteiger partial charge is 0.146 e. The summed E-state index contributed by atoms with van der Waals surface area (Å²) in [5.41, 5.74) is 1.67. The number of hydrogen-bond donors (Lipinski definition) is 0. The minimum absolute atomic E-state index is 0.166. The van der Waals surface area contributed by atoms with E-state index in [0.29, 0.717) is 11.3 Å². The molecule has 0 fully saturated rings. The van der Waals surface area contributed by atoms with Gasteiger partial charge in [-0.2, -0.15) is 0 Å². The smallest absolute Gasteiger partial charge is 0.0598 e. The molecule has 92 valence electrons. The summed E-state index contributed by atoms with van der Waals surface area (Å²) in [6.45, 7) is 13.5. The molecule has 0 N–H and O–H groups in total. The van der Waals surface area contributed by atoms with Gasteiger partial charge in [-0.25, -0.2) is 0 Å². The maximum Gasteiger partial charge on any atom is 0.0598 e. The predicted octanol–water partition coefficient (Wildman–Crippen LogP) is 5.72. The van der Waals surface area contributed by atoms with Crippen LogP contribution in [0.25, 0.3) is 0 Å². The van der Waals surface area contributed by atoms with Crippen molar-refractivity contribution in [3.63, 3.8) is 0 Å². The van der Waals surface area contributed by atoms with Crippen LogP contribution in [0, 0.1) is 25.2 Å². The third-order valence-electron chi connectivity index (χ3n) is 3.46. The molecule has 0 aliphatic heterocycles. The Labute approximate surface area is 109 Å². The molecule has 2 heteroatoms. The Kier molecular flexibility index (Phi) is 4.48. The molecule has 0 nitrogen and oxygen atoms in total. The third-order valence-corrected chi connectivity index (χ3v) is 4.85. The van der Waals surface area contributed by atoms with Crippen molar-refractivity contribution in [1.82, 2.24) is 0 Å². The van der Waals surface area contributed by atoms with Crippen molar-refractivity contribution in [2.45, 2.75) is 53.3 Å². The quantitative estimate of drug-likeness (QED) is 0.609. The molecule has 2 unspecified atom stereocenters. The maximum absolute atomic E-state index is 6.53. The first-order chi connectivity index (χ1) is 7.21. The monoisotopic (exact) mass is 258 g/mol. The molecule has 0 aromatic carbocycles. The predicted molar refractivity (Wildman–Crippen MR) is 75.6 cm³/mol. The molecule has 0 saturated heterocycles. The number of thiophene rings is 1. The minimum atomic E-state index is 0.166. The fraction of sp³-hybridized carbons (Fsp3) is 0.714. The molecule has 1 heterocycles. The summed E-state index contributed by atoms with van der Waals surface area (Å²) in [6, 6.07) is 2.24. The first-order valence-electron chi connectivity index (χ1n) is 5.93. The highest BCUT2D eigenvalue weighted by Gasteiger charge is 2.24. The van der Waals surface area contributed by atoms with E-state index >= 15 is 0 Å². The van der Waals surface area contributed by atoms with Gasteiger partial charge in [-0.3, -0.25) is 0 Å². The first-order valence-corrected chi connectivity index (χ1v) is 7.18. The number of hydrogen-bond acceptors (Lipinski definition) is 1. The summed E-state index contributed by atoms with van der Waals surface area (Å²) < 4.78 is 0. The highest BCUT2D eigenvalue weighted by Crippen LogP contribution is 2.39. The molecule has 1 rings (SSSR count). The Morgan fingerprint density at radius 2 is 1.88 bits per heavy atom. The van der Waals surface area contributed by atoms with Crippen molar-refractivity contribution in [1.29, 1.82) is 0 Å². The second kappa shape index (κ2) is 5.10. The van der Waals surface area contributed by atoms with Gasteiger partial charge in [0.15, 0.2) is 0 Å². The van der Waals surface area contributed by atoms with Crippen LogP contribution in [-0.4, -0.2) is 0 Å². The zero-order valence-electron chi connectivity index (χ0n) is 11.2. The molecule has 1 aromatic rings. The fourth-order valence-electron chi connectivity index (χ4n) is 1.75. The van der Waals surface area contributed by atoms with Crippen LogP contribution >= 0.6 is 22.9 Å². The van der Waals surface area contributed by atoms with Crippen LogP contribution in [0.15, 0.2) is 6.07 Å². The van der Waals surface area contributed by atoms with Crippen LogP contribution in [0.3, 0.4) is 0 Å². The summed E-state index contributed by atoms with van der Waals surface area (Å²) in [7, 11) is 0. The summed E-state index contributed by atoms with van der Waals surface area (Å²) in [6.07, 6.45) is 1.06. The van der Waals surface area contributed by atoms with Crippen molar-refractivity contribution in [3.05, 3.63) is 21.4 Å². The van der Waals surface area contributed by atoms with Gasteiger partial charge < -0.3 is 0 Å². The van der Waals surface area contributed by atoms with E-state index < -0.39 is 0 Å². The number of rotatable bonds is 3. The molecule has 0 saturated carbocycles. The van der Waals surface area contributed by atoms with Crippen LogP contribution < -0.4 is 0 Å². The SMILES string of the molecule is Cc1cc(C(Cl)CC(C)C(C)(C)C)c(C)s1. The van der Waals surface area contributed by atoms with E-state index in [2.05, 4.69) is 47.6 Å². The van der Waals surface area contributed by atoms with Gasteiger partial charge in [0.25, 0.3) is 0 Å². The fourth-order valence-corrected chi connectivity index (χ4v) is 3.30. The summed E-state index contributed by atoms with van der Waals surface area (Å²) in [5, 5.41) is 0.166. The third kappa shape index (κ3) is 3.49. The van der Waals surface area contributed by atoms with E-state index in [1.54, 1.807) is 0 Å². The van der Waals surface area contributed by atoms with E-state index in [1.165, 1.54) is 15.3 Å². The summed E-state index contributed by atoms with van der Waals surface area (Å²) >= 11 is 8.38. The highest BCUT2D eigenvalue weighted by molar-refractivity contribution is 7.12. The van der Waals surface area contributed by atoms with Crippen molar-refractivity contribution in [3.8, 4) is 0 Å². The Morgan fingerprint density at radius 3 is 2.25 bits per heavy atom. The van der Waals surface area contributed by atoms with E-state index in [0.717, 1.165) is 6.42 Å². The Hall–Kier alpha value is -0.0100. The molecule has 16 heavy (non-hydrogen) atoms. The molecular weight excluding hydrogens is 236 g/mol. The zero-order valence-corrected chi connectivity index (χ0v) is 12.8. The van der Waals surface area contributed by atoms with E-state index in [9.17, 15) is 0 Å². The van der Waals surface area contributed by atoms with Crippen molar-refractivity contribution in [2.24, 2.45) is 11.3 Å². The molecule has 0 amide bonds. The van der Waals surface area contributed by atoms with Crippen LogP contribution in [0.4, 0.5) is 0 Å². The van der Waals surface area contributed by atoms with E-state index in [-0.39, 0.29) is 5.38 Å². The molecule has 0 radical (unpaired) electrons. The lowest BCUT2D eigenvalue weighted by Crippen LogP contribution is -2.18. The Morgan fingerprint density at radius 1 is 1.31 bits per heavy atom. The minimum Gasteiger partial charge on any atom is -0.146 e. The Bertz CT molecular complexity index is 346. The summed E-state index contributed by atoms with van der Waals surface area (Å²) in [5.74, 6) is 0.634. The maximum atomic E-state index is 6.53. The molecule has 0 aliphatic carbocycles. The van der Waals surface area contributed by atoms with Gasteiger partial charge in [0.1, 0.15) is 0 Å². The van der Waals surface area contributed by atoms with Gasteiger partial charge in [0.2, 0.25) is 0 Å². The van der Waals surface area contributed by atoms with Gasteiger partial charge in [-0.1, -0.05) is 27.7 Å². The van der Waals surface area contributed by atoms with Crippen LogP contribution in [0.1, 0.15) is 54.8 Å². The standard InChI is InChI=1S/C14H23ClS/c1-9(14(4,5)6)7-13(15)12-8-10(2)16-11(12)3/h8-9,13H,7H2,1-6H3. The lowest BCUT2D eigenvalue weighted by Gasteiger charge is -2.29. The highest BCUT2D eigenvalue weighted by atomic mass is 35.5.